The number of anilines is 1. The topological polar surface area (TPSA) is 47.3 Å². The lowest BCUT2D eigenvalue weighted by Gasteiger charge is -2.11. The second-order valence-corrected chi connectivity index (χ2v) is 3.27. The summed E-state index contributed by atoms with van der Waals surface area (Å²) >= 11 is 0. The molecule has 14 heavy (non-hydrogen) atoms. The maximum Gasteiger partial charge on any atom is 0.0951 e. The molecule has 1 aliphatic heterocycles. The Morgan fingerprint density at radius 3 is 3.00 bits per heavy atom. The first-order valence-corrected chi connectivity index (χ1v) is 4.78. The first-order valence-electron chi connectivity index (χ1n) is 4.78. The molecule has 0 radical (unpaired) electrons. The Morgan fingerprint density at radius 1 is 1.50 bits per heavy atom. The van der Waals surface area contributed by atoms with Gasteiger partial charge in [0, 0.05) is 11.3 Å². The number of hydrogen-bond donors (Lipinski definition) is 2. The summed E-state index contributed by atoms with van der Waals surface area (Å²) in [4.78, 5) is 5.07. The molecule has 1 aromatic carbocycles. The molecule has 0 aromatic heterocycles. The number of benzene rings is 1. The standard InChI is InChI=1S/C11H14N2O/c1-2-8-4-3-5-9(12)11(8)10-6-7-14-13-10/h3-6,13H,2,7,12H2,1H3. The Bertz CT molecular complexity index is 372. The van der Waals surface area contributed by atoms with Crippen LogP contribution in [0.5, 0.6) is 0 Å². The predicted octanol–water partition coefficient (Wildman–Crippen LogP) is 1.71. The normalized spacial score (nSPS) is 15.1. The van der Waals surface area contributed by atoms with E-state index in [4.69, 9.17) is 10.6 Å². The Hall–Kier alpha value is -1.48. The van der Waals surface area contributed by atoms with Gasteiger partial charge in [-0.3, -0.25) is 10.3 Å². The first-order chi connectivity index (χ1) is 6.83. The fourth-order valence-corrected chi connectivity index (χ4v) is 1.68. The van der Waals surface area contributed by atoms with Gasteiger partial charge in [-0.2, -0.15) is 0 Å². The van der Waals surface area contributed by atoms with Crippen molar-refractivity contribution in [3.05, 3.63) is 35.4 Å². The van der Waals surface area contributed by atoms with Gasteiger partial charge in [-0.05, 0) is 24.1 Å². The van der Waals surface area contributed by atoms with Crippen LogP contribution in [0, 0.1) is 0 Å². The zero-order valence-electron chi connectivity index (χ0n) is 8.21. The van der Waals surface area contributed by atoms with E-state index in [1.807, 2.05) is 18.2 Å². The maximum atomic E-state index is 5.94. The van der Waals surface area contributed by atoms with E-state index in [0.717, 1.165) is 23.4 Å². The highest BCUT2D eigenvalue weighted by molar-refractivity contribution is 5.76. The number of nitrogens with two attached hydrogens (primary N) is 1. The summed E-state index contributed by atoms with van der Waals surface area (Å²) in [6.45, 7) is 2.72. The van der Waals surface area contributed by atoms with Crippen molar-refractivity contribution in [2.24, 2.45) is 0 Å². The van der Waals surface area contributed by atoms with E-state index in [-0.39, 0.29) is 0 Å². The van der Waals surface area contributed by atoms with E-state index < -0.39 is 0 Å². The number of nitrogens with one attached hydrogen (secondary N) is 1. The van der Waals surface area contributed by atoms with Crippen molar-refractivity contribution >= 4 is 11.4 Å². The number of rotatable bonds is 2. The largest absolute Gasteiger partial charge is 0.398 e. The second kappa shape index (κ2) is 3.72. The Morgan fingerprint density at radius 2 is 2.36 bits per heavy atom. The highest BCUT2D eigenvalue weighted by Gasteiger charge is 2.13. The van der Waals surface area contributed by atoms with E-state index in [2.05, 4.69) is 18.5 Å². The molecule has 0 aliphatic carbocycles. The van der Waals surface area contributed by atoms with Crippen LogP contribution in [-0.2, 0) is 11.3 Å². The van der Waals surface area contributed by atoms with Crippen LogP contribution in [0.1, 0.15) is 18.1 Å². The minimum absolute atomic E-state index is 0.604. The monoisotopic (exact) mass is 190 g/mol. The minimum atomic E-state index is 0.604. The third-order valence-corrected chi connectivity index (χ3v) is 2.39. The second-order valence-electron chi connectivity index (χ2n) is 3.27. The van der Waals surface area contributed by atoms with Crippen molar-refractivity contribution in [2.75, 3.05) is 12.3 Å². The van der Waals surface area contributed by atoms with Gasteiger partial charge in [0.15, 0.2) is 0 Å². The number of aryl methyl sites for hydroxylation is 1. The number of nitrogen functional groups attached to an aromatic ring is 1. The molecule has 3 nitrogen and oxygen atoms in total. The lowest BCUT2D eigenvalue weighted by Crippen LogP contribution is -2.09. The zero-order chi connectivity index (χ0) is 9.97. The van der Waals surface area contributed by atoms with E-state index >= 15 is 0 Å². The van der Waals surface area contributed by atoms with Gasteiger partial charge in [0.2, 0.25) is 0 Å². The van der Waals surface area contributed by atoms with Crippen LogP contribution in [-0.4, -0.2) is 6.61 Å². The average molecular weight is 190 g/mol. The van der Waals surface area contributed by atoms with Gasteiger partial charge in [0.1, 0.15) is 0 Å². The van der Waals surface area contributed by atoms with Crippen LogP contribution in [0.3, 0.4) is 0 Å². The molecule has 0 saturated carbocycles. The highest BCUT2D eigenvalue weighted by atomic mass is 16.6. The molecule has 0 bridgehead atoms. The lowest BCUT2D eigenvalue weighted by molar-refractivity contribution is 0.121. The van der Waals surface area contributed by atoms with Gasteiger partial charge < -0.3 is 5.73 Å². The molecule has 2 rings (SSSR count). The summed E-state index contributed by atoms with van der Waals surface area (Å²) < 4.78 is 0. The molecule has 0 atom stereocenters. The van der Waals surface area contributed by atoms with E-state index in [9.17, 15) is 0 Å². The first kappa shape index (κ1) is 9.09. The molecule has 1 aliphatic rings. The summed E-state index contributed by atoms with van der Waals surface area (Å²) in [7, 11) is 0. The van der Waals surface area contributed by atoms with Crippen molar-refractivity contribution in [1.82, 2.24) is 5.48 Å². The molecule has 0 amide bonds. The summed E-state index contributed by atoms with van der Waals surface area (Å²) in [5, 5.41) is 0. The van der Waals surface area contributed by atoms with Crippen molar-refractivity contribution in [3.63, 3.8) is 0 Å². The summed E-state index contributed by atoms with van der Waals surface area (Å²) in [6, 6.07) is 5.98. The van der Waals surface area contributed by atoms with Gasteiger partial charge in [-0.1, -0.05) is 19.1 Å². The van der Waals surface area contributed by atoms with Crippen LogP contribution >= 0.6 is 0 Å². The van der Waals surface area contributed by atoms with Crippen molar-refractivity contribution in [3.8, 4) is 0 Å². The highest BCUT2D eigenvalue weighted by Crippen LogP contribution is 2.26. The average Bonchev–Trinajstić information content (AvgIpc) is 2.70. The van der Waals surface area contributed by atoms with Crippen molar-refractivity contribution in [1.29, 1.82) is 0 Å². The van der Waals surface area contributed by atoms with Gasteiger partial charge >= 0.3 is 0 Å². The molecular formula is C11H14N2O. The van der Waals surface area contributed by atoms with Gasteiger partial charge in [-0.15, -0.1) is 0 Å². The molecular weight excluding hydrogens is 176 g/mol. The lowest BCUT2D eigenvalue weighted by atomic mass is 10.0. The summed E-state index contributed by atoms with van der Waals surface area (Å²) in [5.74, 6) is 0. The molecule has 0 saturated heterocycles. The smallest absolute Gasteiger partial charge is 0.0951 e. The predicted molar refractivity (Wildman–Crippen MR) is 57.3 cm³/mol. The molecule has 0 spiro atoms. The molecule has 3 N–H and O–H groups in total. The Balaban J connectivity index is 2.48. The van der Waals surface area contributed by atoms with Crippen molar-refractivity contribution < 1.29 is 4.84 Å². The fourth-order valence-electron chi connectivity index (χ4n) is 1.68. The maximum absolute atomic E-state index is 5.94. The molecule has 74 valence electrons. The van der Waals surface area contributed by atoms with Gasteiger partial charge in [0.25, 0.3) is 0 Å². The molecule has 3 heteroatoms. The van der Waals surface area contributed by atoms with E-state index in [1.165, 1.54) is 5.56 Å². The van der Waals surface area contributed by atoms with E-state index in [1.54, 1.807) is 0 Å². The van der Waals surface area contributed by atoms with Crippen LogP contribution < -0.4 is 11.2 Å². The SMILES string of the molecule is CCc1cccc(N)c1C1=CCON1. The number of hydroxylamine groups is 1. The third-order valence-electron chi connectivity index (χ3n) is 2.39. The van der Waals surface area contributed by atoms with Crippen LogP contribution in [0.15, 0.2) is 24.3 Å². The quantitative estimate of drug-likeness (QED) is 0.698. The zero-order valence-corrected chi connectivity index (χ0v) is 8.21. The Labute approximate surface area is 83.5 Å². The molecule has 0 fully saturated rings. The van der Waals surface area contributed by atoms with E-state index in [0.29, 0.717) is 6.61 Å². The van der Waals surface area contributed by atoms with Crippen molar-refractivity contribution in [2.45, 2.75) is 13.3 Å². The Kier molecular flexibility index (Phi) is 2.41. The molecule has 0 unspecified atom stereocenters. The minimum Gasteiger partial charge on any atom is -0.398 e. The summed E-state index contributed by atoms with van der Waals surface area (Å²) in [5.41, 5.74) is 12.9. The van der Waals surface area contributed by atoms with Gasteiger partial charge in [-0.25, -0.2) is 0 Å². The van der Waals surface area contributed by atoms with Gasteiger partial charge in [0.05, 0.1) is 12.3 Å². The third kappa shape index (κ3) is 1.46. The number of hydrogen-bond acceptors (Lipinski definition) is 3. The van der Waals surface area contributed by atoms with Crippen LogP contribution in [0.2, 0.25) is 0 Å². The molecule has 1 heterocycles. The van der Waals surface area contributed by atoms with Crippen LogP contribution in [0.25, 0.3) is 5.70 Å². The van der Waals surface area contributed by atoms with Crippen LogP contribution in [0.4, 0.5) is 5.69 Å². The summed E-state index contributed by atoms with van der Waals surface area (Å²) in [6.07, 6.45) is 2.98. The fraction of sp³-hybridized carbons (Fsp3) is 0.273. The molecule has 1 aromatic rings.